The SMILES string of the molecule is CCCC1CCC(n2c(=S)[nH]c3c(C)ccnc32)CC1. The molecule has 1 N–H and O–H groups in total. The van der Waals surface area contributed by atoms with E-state index in [2.05, 4.69) is 28.4 Å². The van der Waals surface area contributed by atoms with Gasteiger partial charge >= 0.3 is 0 Å². The van der Waals surface area contributed by atoms with Crippen molar-refractivity contribution in [3.8, 4) is 0 Å². The molecule has 0 aromatic carbocycles. The van der Waals surface area contributed by atoms with Crippen molar-refractivity contribution < 1.29 is 0 Å². The van der Waals surface area contributed by atoms with Gasteiger partial charge in [0.15, 0.2) is 10.4 Å². The monoisotopic (exact) mass is 289 g/mol. The Labute approximate surface area is 125 Å². The fraction of sp³-hybridized carbons (Fsp3) is 0.625. The lowest BCUT2D eigenvalue weighted by molar-refractivity contribution is 0.264. The van der Waals surface area contributed by atoms with E-state index in [0.717, 1.165) is 21.9 Å². The predicted molar refractivity (Wildman–Crippen MR) is 85.6 cm³/mol. The minimum absolute atomic E-state index is 0.527. The molecule has 108 valence electrons. The van der Waals surface area contributed by atoms with Crippen molar-refractivity contribution in [3.05, 3.63) is 22.6 Å². The number of hydrogen-bond donors (Lipinski definition) is 1. The first-order valence-electron chi connectivity index (χ1n) is 7.76. The Bertz CT molecular complexity index is 647. The van der Waals surface area contributed by atoms with Crippen LogP contribution in [0, 0.1) is 17.6 Å². The van der Waals surface area contributed by atoms with Crippen molar-refractivity contribution in [1.29, 1.82) is 0 Å². The maximum atomic E-state index is 5.54. The number of aryl methyl sites for hydroxylation is 1. The molecular formula is C16H23N3S. The molecule has 0 spiro atoms. The van der Waals surface area contributed by atoms with Gasteiger partial charge < -0.3 is 4.98 Å². The molecule has 2 aromatic heterocycles. The van der Waals surface area contributed by atoms with Crippen LogP contribution in [0.3, 0.4) is 0 Å². The zero-order chi connectivity index (χ0) is 14.1. The molecule has 1 aliphatic carbocycles. The van der Waals surface area contributed by atoms with Crippen LogP contribution in [0.2, 0.25) is 0 Å². The Balaban J connectivity index is 1.90. The summed E-state index contributed by atoms with van der Waals surface area (Å²) >= 11 is 5.54. The molecule has 0 unspecified atom stereocenters. The molecule has 0 amide bonds. The molecule has 0 aliphatic heterocycles. The van der Waals surface area contributed by atoms with E-state index in [-0.39, 0.29) is 0 Å². The lowest BCUT2D eigenvalue weighted by Gasteiger charge is -2.29. The molecule has 0 bridgehead atoms. The van der Waals surface area contributed by atoms with Crippen molar-refractivity contribution in [2.24, 2.45) is 5.92 Å². The smallest absolute Gasteiger partial charge is 0.179 e. The van der Waals surface area contributed by atoms with Gasteiger partial charge in [0.2, 0.25) is 0 Å². The number of nitrogens with one attached hydrogen (secondary N) is 1. The Morgan fingerprint density at radius 3 is 2.80 bits per heavy atom. The van der Waals surface area contributed by atoms with E-state index in [1.165, 1.54) is 44.1 Å². The molecule has 2 aromatic rings. The molecule has 2 heterocycles. The number of pyridine rings is 1. The fourth-order valence-electron chi connectivity index (χ4n) is 3.58. The Hall–Kier alpha value is -1.16. The average molecular weight is 289 g/mol. The van der Waals surface area contributed by atoms with E-state index in [1.54, 1.807) is 0 Å². The third kappa shape index (κ3) is 2.41. The predicted octanol–water partition coefficient (Wildman–Crippen LogP) is 4.93. The Morgan fingerprint density at radius 1 is 1.35 bits per heavy atom. The van der Waals surface area contributed by atoms with Crippen molar-refractivity contribution in [2.75, 3.05) is 0 Å². The van der Waals surface area contributed by atoms with Gasteiger partial charge in [-0.05, 0) is 62.4 Å². The summed E-state index contributed by atoms with van der Waals surface area (Å²) in [5.74, 6) is 0.922. The van der Waals surface area contributed by atoms with Crippen molar-refractivity contribution in [2.45, 2.75) is 58.4 Å². The maximum absolute atomic E-state index is 5.54. The highest BCUT2D eigenvalue weighted by Crippen LogP contribution is 2.36. The van der Waals surface area contributed by atoms with Crippen LogP contribution >= 0.6 is 12.2 Å². The summed E-state index contributed by atoms with van der Waals surface area (Å²) in [6.45, 7) is 4.40. The molecule has 4 heteroatoms. The third-order valence-corrected chi connectivity index (χ3v) is 5.00. The van der Waals surface area contributed by atoms with E-state index in [9.17, 15) is 0 Å². The number of hydrogen-bond acceptors (Lipinski definition) is 2. The van der Waals surface area contributed by atoms with Crippen LogP contribution in [0.1, 0.15) is 57.1 Å². The second-order valence-corrected chi connectivity index (χ2v) is 6.48. The summed E-state index contributed by atoms with van der Waals surface area (Å²) in [4.78, 5) is 7.90. The largest absolute Gasteiger partial charge is 0.329 e. The summed E-state index contributed by atoms with van der Waals surface area (Å²) in [6.07, 6.45) is 9.71. The van der Waals surface area contributed by atoms with Gasteiger partial charge in [-0.2, -0.15) is 0 Å². The quantitative estimate of drug-likeness (QED) is 0.812. The van der Waals surface area contributed by atoms with Crippen molar-refractivity contribution >= 4 is 23.4 Å². The lowest BCUT2D eigenvalue weighted by Crippen LogP contribution is -2.18. The number of nitrogens with zero attached hydrogens (tertiary/aromatic N) is 2. The van der Waals surface area contributed by atoms with Crippen LogP contribution in [0.4, 0.5) is 0 Å². The van der Waals surface area contributed by atoms with Gasteiger partial charge in [-0.3, -0.25) is 4.57 Å². The second-order valence-electron chi connectivity index (χ2n) is 6.09. The Kier molecular flexibility index (Phi) is 3.92. The van der Waals surface area contributed by atoms with Gasteiger partial charge in [0.25, 0.3) is 0 Å². The first-order chi connectivity index (χ1) is 9.70. The van der Waals surface area contributed by atoms with Gasteiger partial charge in [-0.15, -0.1) is 0 Å². The van der Waals surface area contributed by atoms with Crippen molar-refractivity contribution in [1.82, 2.24) is 14.5 Å². The van der Waals surface area contributed by atoms with Gasteiger partial charge in [0.05, 0.1) is 5.52 Å². The maximum Gasteiger partial charge on any atom is 0.179 e. The topological polar surface area (TPSA) is 33.6 Å². The first kappa shape index (κ1) is 13.8. The minimum atomic E-state index is 0.527. The Morgan fingerprint density at radius 2 is 2.10 bits per heavy atom. The molecule has 20 heavy (non-hydrogen) atoms. The van der Waals surface area contributed by atoms with Crippen LogP contribution in [0.25, 0.3) is 11.2 Å². The molecule has 0 radical (unpaired) electrons. The summed E-state index contributed by atoms with van der Waals surface area (Å²) in [7, 11) is 0. The number of aromatic amines is 1. The van der Waals surface area contributed by atoms with E-state index in [0.29, 0.717) is 6.04 Å². The highest BCUT2D eigenvalue weighted by atomic mass is 32.1. The molecule has 1 saturated carbocycles. The number of fused-ring (bicyclic) bond motifs is 1. The second kappa shape index (κ2) is 5.68. The summed E-state index contributed by atoms with van der Waals surface area (Å²) in [6, 6.07) is 2.56. The van der Waals surface area contributed by atoms with Crippen molar-refractivity contribution in [3.63, 3.8) is 0 Å². The number of H-pyrrole nitrogens is 1. The molecule has 1 fully saturated rings. The molecule has 1 aliphatic rings. The molecule has 3 nitrogen and oxygen atoms in total. The minimum Gasteiger partial charge on any atom is -0.329 e. The van der Waals surface area contributed by atoms with Gasteiger partial charge in [0.1, 0.15) is 0 Å². The molecule has 0 saturated heterocycles. The highest BCUT2D eigenvalue weighted by Gasteiger charge is 2.24. The summed E-state index contributed by atoms with van der Waals surface area (Å²) in [5, 5.41) is 0. The molecular weight excluding hydrogens is 266 g/mol. The van der Waals surface area contributed by atoms with Crippen LogP contribution < -0.4 is 0 Å². The van der Waals surface area contributed by atoms with E-state index < -0.39 is 0 Å². The highest BCUT2D eigenvalue weighted by molar-refractivity contribution is 7.71. The third-order valence-electron chi connectivity index (χ3n) is 4.70. The standard InChI is InChI=1S/C16H23N3S/c1-3-4-12-5-7-13(8-6-12)19-15-14(18-16(19)20)11(2)9-10-17-15/h9-10,12-13H,3-8H2,1-2H3,(H,18,20). The van der Waals surface area contributed by atoms with E-state index in [4.69, 9.17) is 12.2 Å². The summed E-state index contributed by atoms with van der Waals surface area (Å²) < 4.78 is 3.10. The number of imidazole rings is 1. The zero-order valence-electron chi connectivity index (χ0n) is 12.4. The average Bonchev–Trinajstić information content (AvgIpc) is 2.78. The van der Waals surface area contributed by atoms with Crippen LogP contribution in [-0.4, -0.2) is 14.5 Å². The van der Waals surface area contributed by atoms with Gasteiger partial charge in [0, 0.05) is 12.2 Å². The molecule has 3 rings (SSSR count). The van der Waals surface area contributed by atoms with Gasteiger partial charge in [-0.25, -0.2) is 4.98 Å². The first-order valence-corrected chi connectivity index (χ1v) is 8.17. The zero-order valence-corrected chi connectivity index (χ0v) is 13.2. The van der Waals surface area contributed by atoms with Crippen LogP contribution in [-0.2, 0) is 0 Å². The summed E-state index contributed by atoms with van der Waals surface area (Å²) in [5.41, 5.74) is 3.36. The number of aromatic nitrogens is 3. The number of rotatable bonds is 3. The van der Waals surface area contributed by atoms with Crippen LogP contribution in [0.15, 0.2) is 12.3 Å². The van der Waals surface area contributed by atoms with E-state index >= 15 is 0 Å². The lowest BCUT2D eigenvalue weighted by atomic mass is 9.83. The van der Waals surface area contributed by atoms with E-state index in [1.807, 2.05) is 12.3 Å². The normalized spacial score (nSPS) is 23.3. The fourth-order valence-corrected chi connectivity index (χ4v) is 3.92. The van der Waals surface area contributed by atoms with Crippen LogP contribution in [0.5, 0.6) is 0 Å². The molecule has 0 atom stereocenters. The van der Waals surface area contributed by atoms with Gasteiger partial charge in [-0.1, -0.05) is 19.8 Å².